The molecular formula is C23H30N4O3. The highest BCUT2D eigenvalue weighted by molar-refractivity contribution is 5.91. The first kappa shape index (κ1) is 21.8. The number of anilines is 1. The Morgan fingerprint density at radius 2 is 1.53 bits per heavy atom. The molecule has 0 radical (unpaired) electrons. The predicted octanol–water partition coefficient (Wildman–Crippen LogP) is 1.87. The van der Waals surface area contributed by atoms with Crippen LogP contribution >= 0.6 is 0 Å². The third-order valence-corrected chi connectivity index (χ3v) is 5.23. The lowest BCUT2D eigenvalue weighted by Crippen LogP contribution is -2.45. The van der Waals surface area contributed by atoms with Crippen molar-refractivity contribution in [2.24, 2.45) is 5.73 Å². The largest absolute Gasteiger partial charge is 0.484 e. The highest BCUT2D eigenvalue weighted by Crippen LogP contribution is 2.15. The van der Waals surface area contributed by atoms with Crippen LogP contribution in [-0.2, 0) is 22.6 Å². The van der Waals surface area contributed by atoms with E-state index in [4.69, 9.17) is 10.5 Å². The first-order valence-electron chi connectivity index (χ1n) is 10.4. The lowest BCUT2D eigenvalue weighted by molar-refractivity contribution is -0.118. The molecule has 30 heavy (non-hydrogen) atoms. The molecule has 1 aliphatic rings. The fraction of sp³-hybridized carbons (Fsp3) is 0.391. The minimum absolute atomic E-state index is 0.0847. The number of primary amides is 1. The Bertz CT molecular complexity index is 829. The Balaban J connectivity index is 1.41. The van der Waals surface area contributed by atoms with Crippen LogP contribution in [0.4, 0.5) is 5.69 Å². The highest BCUT2D eigenvalue weighted by atomic mass is 16.5. The van der Waals surface area contributed by atoms with Crippen LogP contribution in [0.5, 0.6) is 5.75 Å². The number of piperazine rings is 1. The van der Waals surface area contributed by atoms with Gasteiger partial charge in [-0.05, 0) is 41.9 Å². The van der Waals surface area contributed by atoms with Crippen LogP contribution in [0.3, 0.4) is 0 Å². The molecule has 7 heteroatoms. The van der Waals surface area contributed by atoms with Crippen molar-refractivity contribution in [3.63, 3.8) is 0 Å². The molecule has 3 rings (SSSR count). The molecule has 0 bridgehead atoms. The van der Waals surface area contributed by atoms with Gasteiger partial charge in [-0.25, -0.2) is 0 Å². The van der Waals surface area contributed by atoms with Crippen molar-refractivity contribution in [3.05, 3.63) is 59.7 Å². The van der Waals surface area contributed by atoms with E-state index >= 15 is 0 Å². The van der Waals surface area contributed by atoms with Gasteiger partial charge in [0, 0.05) is 38.4 Å². The number of hydrogen-bond donors (Lipinski definition) is 2. The van der Waals surface area contributed by atoms with E-state index in [1.807, 2.05) is 12.1 Å². The highest BCUT2D eigenvalue weighted by Gasteiger charge is 2.15. The summed E-state index contributed by atoms with van der Waals surface area (Å²) in [7, 11) is 0. The Hall–Kier alpha value is -2.90. The third kappa shape index (κ3) is 6.86. The van der Waals surface area contributed by atoms with Gasteiger partial charge >= 0.3 is 0 Å². The van der Waals surface area contributed by atoms with Crippen molar-refractivity contribution in [3.8, 4) is 5.75 Å². The van der Waals surface area contributed by atoms with Crippen LogP contribution in [0.2, 0.25) is 0 Å². The van der Waals surface area contributed by atoms with E-state index in [9.17, 15) is 9.59 Å². The molecule has 0 aliphatic carbocycles. The summed E-state index contributed by atoms with van der Waals surface area (Å²) < 4.78 is 5.50. The summed E-state index contributed by atoms with van der Waals surface area (Å²) in [6, 6.07) is 14.9. The molecule has 0 saturated carbocycles. The van der Waals surface area contributed by atoms with E-state index in [0.29, 0.717) is 5.75 Å². The van der Waals surface area contributed by atoms with E-state index < -0.39 is 0 Å². The summed E-state index contributed by atoms with van der Waals surface area (Å²) >= 11 is 0. The summed E-state index contributed by atoms with van der Waals surface area (Å²) in [6.07, 6.45) is 0.186. The molecule has 3 N–H and O–H groups in total. The molecule has 1 saturated heterocycles. The molecule has 0 atom stereocenters. The van der Waals surface area contributed by atoms with Gasteiger partial charge in [0.15, 0.2) is 6.61 Å². The van der Waals surface area contributed by atoms with E-state index in [2.05, 4.69) is 34.2 Å². The monoisotopic (exact) mass is 410 g/mol. The first-order chi connectivity index (χ1) is 14.5. The zero-order valence-corrected chi connectivity index (χ0v) is 17.5. The van der Waals surface area contributed by atoms with E-state index in [1.165, 1.54) is 5.56 Å². The molecule has 2 aromatic carbocycles. The number of nitrogens with zero attached hydrogens (tertiary/aromatic N) is 2. The van der Waals surface area contributed by atoms with Crippen molar-refractivity contribution < 1.29 is 14.3 Å². The van der Waals surface area contributed by atoms with Crippen LogP contribution < -0.4 is 15.8 Å². The number of nitrogens with two attached hydrogens (primary N) is 1. The normalized spacial score (nSPS) is 15.0. The van der Waals surface area contributed by atoms with E-state index in [0.717, 1.165) is 50.5 Å². The average molecular weight is 411 g/mol. The van der Waals surface area contributed by atoms with Gasteiger partial charge in [0.25, 0.3) is 5.91 Å². The van der Waals surface area contributed by atoms with Crippen molar-refractivity contribution in [1.82, 2.24) is 9.80 Å². The smallest absolute Gasteiger partial charge is 0.262 e. The van der Waals surface area contributed by atoms with Gasteiger partial charge in [0.1, 0.15) is 5.75 Å². The molecule has 1 heterocycles. The van der Waals surface area contributed by atoms with Crippen molar-refractivity contribution in [2.75, 3.05) is 44.6 Å². The second kappa shape index (κ2) is 10.8. The average Bonchev–Trinajstić information content (AvgIpc) is 2.75. The van der Waals surface area contributed by atoms with Gasteiger partial charge in [-0.15, -0.1) is 0 Å². The molecular weight excluding hydrogens is 380 g/mol. The minimum Gasteiger partial charge on any atom is -0.484 e. The van der Waals surface area contributed by atoms with Gasteiger partial charge in [0.05, 0.1) is 6.42 Å². The van der Waals surface area contributed by atoms with Crippen LogP contribution in [0.15, 0.2) is 48.5 Å². The topological polar surface area (TPSA) is 87.9 Å². The molecule has 0 unspecified atom stereocenters. The Labute approximate surface area is 177 Å². The minimum atomic E-state index is -0.381. The first-order valence-corrected chi connectivity index (χ1v) is 10.4. The van der Waals surface area contributed by atoms with Gasteiger partial charge in [0.2, 0.25) is 5.91 Å². The fourth-order valence-electron chi connectivity index (χ4n) is 3.47. The summed E-state index contributed by atoms with van der Waals surface area (Å²) in [5.74, 6) is -0.0373. The van der Waals surface area contributed by atoms with Gasteiger partial charge in [-0.3, -0.25) is 14.5 Å². The lowest BCUT2D eigenvalue weighted by Gasteiger charge is -2.34. The van der Waals surface area contributed by atoms with Crippen LogP contribution in [-0.4, -0.2) is 60.9 Å². The molecule has 2 amide bonds. The van der Waals surface area contributed by atoms with E-state index in [1.54, 1.807) is 24.3 Å². The zero-order valence-electron chi connectivity index (χ0n) is 17.5. The number of rotatable bonds is 9. The number of carbonyl (C=O) groups is 2. The summed E-state index contributed by atoms with van der Waals surface area (Å²) in [6.45, 7) is 8.60. The fourth-order valence-corrected chi connectivity index (χ4v) is 3.47. The number of benzene rings is 2. The van der Waals surface area contributed by atoms with Gasteiger partial charge in [-0.1, -0.05) is 31.2 Å². The number of ether oxygens (including phenoxy) is 1. The quantitative estimate of drug-likeness (QED) is 0.659. The molecule has 0 spiro atoms. The van der Waals surface area contributed by atoms with Crippen molar-refractivity contribution in [1.29, 1.82) is 0 Å². The summed E-state index contributed by atoms with van der Waals surface area (Å²) in [5, 5.41) is 2.85. The molecule has 0 aromatic heterocycles. The standard InChI is InChI=1S/C23H30N4O3/c1-2-26-11-13-27(14-12-26)16-19-3-7-20(8-4-19)25-23(29)17-30-21-9-5-18(6-10-21)15-22(24)28/h3-10H,2,11-17H2,1H3,(H2,24,28)(H,25,29). The van der Waals surface area contributed by atoms with Gasteiger partial charge < -0.3 is 20.7 Å². The predicted molar refractivity (Wildman–Crippen MR) is 117 cm³/mol. The number of carbonyl (C=O) groups excluding carboxylic acids is 2. The van der Waals surface area contributed by atoms with Crippen LogP contribution in [0.25, 0.3) is 0 Å². The van der Waals surface area contributed by atoms with Crippen molar-refractivity contribution >= 4 is 17.5 Å². The number of amides is 2. The zero-order chi connectivity index (χ0) is 21.3. The van der Waals surface area contributed by atoms with E-state index in [-0.39, 0.29) is 24.8 Å². The molecule has 1 fully saturated rings. The van der Waals surface area contributed by atoms with Crippen LogP contribution in [0, 0.1) is 0 Å². The maximum atomic E-state index is 12.1. The number of likely N-dealkylation sites (N-methyl/N-ethyl adjacent to an activating group) is 1. The molecule has 2 aromatic rings. The number of hydrogen-bond acceptors (Lipinski definition) is 5. The molecule has 1 aliphatic heterocycles. The second-order valence-electron chi connectivity index (χ2n) is 7.53. The maximum absolute atomic E-state index is 12.1. The summed E-state index contributed by atoms with van der Waals surface area (Å²) in [5.41, 5.74) is 7.98. The van der Waals surface area contributed by atoms with Gasteiger partial charge in [-0.2, -0.15) is 0 Å². The molecule has 7 nitrogen and oxygen atoms in total. The third-order valence-electron chi connectivity index (χ3n) is 5.23. The SMILES string of the molecule is CCN1CCN(Cc2ccc(NC(=O)COc3ccc(CC(N)=O)cc3)cc2)CC1. The second-order valence-corrected chi connectivity index (χ2v) is 7.53. The van der Waals surface area contributed by atoms with Crippen molar-refractivity contribution in [2.45, 2.75) is 19.9 Å². The molecule has 160 valence electrons. The maximum Gasteiger partial charge on any atom is 0.262 e. The Morgan fingerprint density at radius 3 is 2.13 bits per heavy atom. The summed E-state index contributed by atoms with van der Waals surface area (Å²) in [4.78, 5) is 28.0. The Morgan fingerprint density at radius 1 is 0.933 bits per heavy atom. The van der Waals surface area contributed by atoms with Crippen LogP contribution in [0.1, 0.15) is 18.1 Å². The number of nitrogens with one attached hydrogen (secondary N) is 1. The Kier molecular flexibility index (Phi) is 7.82. The lowest BCUT2D eigenvalue weighted by atomic mass is 10.1.